The highest BCUT2D eigenvalue weighted by molar-refractivity contribution is 14.0. The maximum atomic E-state index is 12.3. The topological polar surface area (TPSA) is 75.0 Å². The number of piperazine rings is 1. The van der Waals surface area contributed by atoms with Crippen LogP contribution in [-0.2, 0) is 18.2 Å². The highest BCUT2D eigenvalue weighted by atomic mass is 127. The van der Waals surface area contributed by atoms with Gasteiger partial charge in [-0.05, 0) is 46.6 Å². The molecular formula is C19H33IN6O2. The third-order valence-electron chi connectivity index (χ3n) is 5.18. The van der Waals surface area contributed by atoms with E-state index < -0.39 is 5.60 Å². The monoisotopic (exact) mass is 504 g/mol. The third kappa shape index (κ3) is 5.09. The van der Waals surface area contributed by atoms with E-state index in [0.29, 0.717) is 19.6 Å². The molecule has 1 saturated heterocycles. The Morgan fingerprint density at radius 1 is 1.29 bits per heavy atom. The Balaban J connectivity index is 0.00000280. The smallest absolute Gasteiger partial charge is 0.410 e. The standard InChI is InChI=1S/C19H32N6O2.HI/c1-13-16(14(2)23(6)22-13)7-8-20-17-21-11-15-12-24(9-10-25(15)17)18(26)27-19(3,4)5;/h15H,7-12H2,1-6H3,(H,20,21);1H. The van der Waals surface area contributed by atoms with Crippen LogP contribution in [0.4, 0.5) is 4.79 Å². The van der Waals surface area contributed by atoms with Crippen molar-refractivity contribution >= 4 is 36.0 Å². The summed E-state index contributed by atoms with van der Waals surface area (Å²) in [4.78, 5) is 21.0. The second kappa shape index (κ2) is 8.87. The SMILES string of the molecule is Cc1nn(C)c(C)c1CCNC1=NCC2CN(C(=O)OC(C)(C)C)CCN12.I. The lowest BCUT2D eigenvalue weighted by Gasteiger charge is -2.39. The highest BCUT2D eigenvalue weighted by Crippen LogP contribution is 2.19. The molecule has 8 nitrogen and oxygen atoms in total. The van der Waals surface area contributed by atoms with E-state index in [0.717, 1.165) is 31.2 Å². The molecule has 0 spiro atoms. The molecule has 1 atom stereocenters. The van der Waals surface area contributed by atoms with Crippen molar-refractivity contribution in [3.05, 3.63) is 17.0 Å². The van der Waals surface area contributed by atoms with Crippen molar-refractivity contribution in [3.63, 3.8) is 0 Å². The van der Waals surface area contributed by atoms with E-state index in [1.807, 2.05) is 32.5 Å². The Morgan fingerprint density at radius 3 is 2.61 bits per heavy atom. The van der Waals surface area contributed by atoms with Gasteiger partial charge in [0.1, 0.15) is 5.60 Å². The van der Waals surface area contributed by atoms with Crippen LogP contribution in [0.5, 0.6) is 0 Å². The normalized spacial score (nSPS) is 19.1. The molecule has 158 valence electrons. The van der Waals surface area contributed by atoms with E-state index >= 15 is 0 Å². The van der Waals surface area contributed by atoms with Crippen LogP contribution in [0.25, 0.3) is 0 Å². The van der Waals surface area contributed by atoms with Crippen molar-refractivity contribution in [3.8, 4) is 0 Å². The summed E-state index contributed by atoms with van der Waals surface area (Å²) in [7, 11) is 1.98. The molecule has 28 heavy (non-hydrogen) atoms. The highest BCUT2D eigenvalue weighted by Gasteiger charge is 2.36. The first-order chi connectivity index (χ1) is 12.7. The van der Waals surface area contributed by atoms with Gasteiger partial charge in [-0.15, -0.1) is 24.0 Å². The fraction of sp³-hybridized carbons (Fsp3) is 0.737. The molecule has 1 aromatic heterocycles. The number of aliphatic imine (C=N–C) groups is 1. The summed E-state index contributed by atoms with van der Waals surface area (Å²) in [6, 6.07) is 0.232. The van der Waals surface area contributed by atoms with Crippen molar-refractivity contribution in [1.82, 2.24) is 24.9 Å². The largest absolute Gasteiger partial charge is 0.444 e. The average molecular weight is 504 g/mol. The number of amides is 1. The van der Waals surface area contributed by atoms with E-state index in [1.165, 1.54) is 11.3 Å². The number of guanidine groups is 1. The molecule has 3 rings (SSSR count). The maximum absolute atomic E-state index is 12.3. The number of carbonyl (C=O) groups is 1. The predicted molar refractivity (Wildman–Crippen MR) is 120 cm³/mol. The Bertz CT molecular complexity index is 740. The lowest BCUT2D eigenvalue weighted by atomic mass is 10.1. The second-order valence-electron chi connectivity index (χ2n) is 8.39. The summed E-state index contributed by atoms with van der Waals surface area (Å²) in [5, 5.41) is 7.96. The summed E-state index contributed by atoms with van der Waals surface area (Å²) in [6.45, 7) is 13.5. The lowest BCUT2D eigenvalue weighted by molar-refractivity contribution is 0.0137. The molecule has 9 heteroatoms. The van der Waals surface area contributed by atoms with Gasteiger partial charge in [-0.25, -0.2) is 4.79 Å². The fourth-order valence-corrected chi connectivity index (χ4v) is 3.70. The molecule has 0 radical (unpaired) electrons. The fourth-order valence-electron chi connectivity index (χ4n) is 3.70. The number of aromatic nitrogens is 2. The number of hydrogen-bond donors (Lipinski definition) is 1. The van der Waals surface area contributed by atoms with Crippen LogP contribution in [-0.4, -0.2) is 76.0 Å². The van der Waals surface area contributed by atoms with E-state index in [4.69, 9.17) is 4.74 Å². The maximum Gasteiger partial charge on any atom is 0.410 e. The van der Waals surface area contributed by atoms with E-state index in [9.17, 15) is 4.79 Å². The number of aryl methyl sites for hydroxylation is 2. The number of nitrogens with zero attached hydrogens (tertiary/aromatic N) is 5. The Morgan fingerprint density at radius 2 is 2.00 bits per heavy atom. The zero-order valence-electron chi connectivity index (χ0n) is 17.8. The lowest BCUT2D eigenvalue weighted by Crippen LogP contribution is -2.57. The van der Waals surface area contributed by atoms with E-state index in [1.54, 1.807) is 4.90 Å². The first-order valence-electron chi connectivity index (χ1n) is 9.67. The van der Waals surface area contributed by atoms with Crippen molar-refractivity contribution in [2.45, 2.75) is 52.7 Å². The van der Waals surface area contributed by atoms with Crippen molar-refractivity contribution in [2.24, 2.45) is 12.0 Å². The number of nitrogens with one attached hydrogen (secondary N) is 1. The molecule has 0 aromatic carbocycles. The molecule has 2 aliphatic heterocycles. The Labute approximate surface area is 184 Å². The zero-order chi connectivity index (χ0) is 19.8. The Kier molecular flexibility index (Phi) is 7.22. The van der Waals surface area contributed by atoms with Gasteiger partial charge in [-0.3, -0.25) is 9.67 Å². The third-order valence-corrected chi connectivity index (χ3v) is 5.18. The molecule has 3 heterocycles. The molecule has 0 saturated carbocycles. The van der Waals surface area contributed by atoms with Crippen LogP contribution >= 0.6 is 24.0 Å². The quantitative estimate of drug-likeness (QED) is 0.639. The summed E-state index contributed by atoms with van der Waals surface area (Å²) >= 11 is 0. The summed E-state index contributed by atoms with van der Waals surface area (Å²) in [6.07, 6.45) is 0.693. The molecule has 1 unspecified atom stereocenters. The number of rotatable bonds is 3. The summed E-state index contributed by atoms with van der Waals surface area (Å²) < 4.78 is 7.43. The molecule has 0 bridgehead atoms. The molecule has 1 amide bonds. The van der Waals surface area contributed by atoms with Gasteiger partial charge in [0, 0.05) is 38.9 Å². The zero-order valence-corrected chi connectivity index (χ0v) is 20.1. The number of carbonyl (C=O) groups excluding carboxylic acids is 1. The van der Waals surface area contributed by atoms with Crippen LogP contribution in [0.15, 0.2) is 4.99 Å². The van der Waals surface area contributed by atoms with Crippen LogP contribution in [0.2, 0.25) is 0 Å². The van der Waals surface area contributed by atoms with Crippen LogP contribution in [0, 0.1) is 13.8 Å². The van der Waals surface area contributed by atoms with E-state index in [-0.39, 0.29) is 36.1 Å². The molecule has 0 aliphatic carbocycles. The molecule has 1 N–H and O–H groups in total. The van der Waals surface area contributed by atoms with Crippen LogP contribution in [0.1, 0.15) is 37.7 Å². The number of ether oxygens (including phenoxy) is 1. The van der Waals surface area contributed by atoms with Gasteiger partial charge in [-0.1, -0.05) is 0 Å². The molecule has 1 fully saturated rings. The number of fused-ring (bicyclic) bond motifs is 1. The van der Waals surface area contributed by atoms with E-state index in [2.05, 4.69) is 34.2 Å². The summed E-state index contributed by atoms with van der Waals surface area (Å²) in [5.74, 6) is 0.947. The van der Waals surface area contributed by atoms with Crippen molar-refractivity contribution in [1.29, 1.82) is 0 Å². The first-order valence-corrected chi connectivity index (χ1v) is 9.67. The van der Waals surface area contributed by atoms with Gasteiger partial charge in [-0.2, -0.15) is 5.10 Å². The summed E-state index contributed by atoms with van der Waals surface area (Å²) in [5.41, 5.74) is 3.14. The molecular weight excluding hydrogens is 471 g/mol. The molecule has 1 aromatic rings. The number of hydrogen-bond acceptors (Lipinski definition) is 6. The van der Waals surface area contributed by atoms with Crippen molar-refractivity contribution in [2.75, 3.05) is 32.7 Å². The molecule has 2 aliphatic rings. The van der Waals surface area contributed by atoms with Gasteiger partial charge in [0.15, 0.2) is 5.96 Å². The average Bonchev–Trinajstić information content (AvgIpc) is 3.08. The first kappa shape index (κ1) is 22.8. The van der Waals surface area contributed by atoms with Gasteiger partial charge in [0.2, 0.25) is 0 Å². The van der Waals surface area contributed by atoms with Gasteiger partial charge < -0.3 is 19.9 Å². The second-order valence-corrected chi connectivity index (χ2v) is 8.39. The van der Waals surface area contributed by atoms with Gasteiger partial charge >= 0.3 is 6.09 Å². The predicted octanol–water partition coefficient (Wildman–Crippen LogP) is 2.08. The van der Waals surface area contributed by atoms with Crippen LogP contribution in [0.3, 0.4) is 0 Å². The van der Waals surface area contributed by atoms with Crippen LogP contribution < -0.4 is 5.32 Å². The van der Waals surface area contributed by atoms with Gasteiger partial charge in [0.05, 0.1) is 18.3 Å². The number of halogens is 1. The van der Waals surface area contributed by atoms with Crippen molar-refractivity contribution < 1.29 is 9.53 Å². The Hall–Kier alpha value is -1.52. The minimum absolute atomic E-state index is 0. The minimum atomic E-state index is -0.463. The minimum Gasteiger partial charge on any atom is -0.444 e. The van der Waals surface area contributed by atoms with Gasteiger partial charge in [0.25, 0.3) is 0 Å².